The Labute approximate surface area is 212 Å². The van der Waals surface area contributed by atoms with Crippen molar-refractivity contribution in [2.75, 3.05) is 31.2 Å². The minimum atomic E-state index is -0.141. The minimum Gasteiger partial charge on any atom is -0.490 e. The van der Waals surface area contributed by atoms with E-state index in [1.165, 1.54) is 11.1 Å². The lowest BCUT2D eigenvalue weighted by Gasteiger charge is -2.54. The van der Waals surface area contributed by atoms with Crippen LogP contribution in [0, 0.1) is 5.41 Å². The Morgan fingerprint density at radius 3 is 2.19 bits per heavy atom. The Morgan fingerprint density at radius 2 is 1.61 bits per heavy atom. The van der Waals surface area contributed by atoms with Crippen molar-refractivity contribution in [1.29, 1.82) is 0 Å². The summed E-state index contributed by atoms with van der Waals surface area (Å²) in [4.78, 5) is 11.4. The molecule has 0 atom stereocenters. The van der Waals surface area contributed by atoms with E-state index in [1.54, 1.807) is 0 Å². The molecule has 1 spiro atoms. The van der Waals surface area contributed by atoms with Crippen LogP contribution in [0.2, 0.25) is 0 Å². The second kappa shape index (κ2) is 9.05. The topological polar surface area (TPSA) is 82.7 Å². The van der Waals surface area contributed by atoms with E-state index in [1.807, 2.05) is 24.4 Å². The summed E-state index contributed by atoms with van der Waals surface area (Å²) in [6.07, 6.45) is 3.95. The van der Waals surface area contributed by atoms with E-state index >= 15 is 0 Å². The van der Waals surface area contributed by atoms with Crippen LogP contribution >= 0.6 is 0 Å². The van der Waals surface area contributed by atoms with Crippen LogP contribution in [0.3, 0.4) is 0 Å². The van der Waals surface area contributed by atoms with Crippen LogP contribution in [-0.4, -0.2) is 48.4 Å². The molecule has 188 valence electrons. The molecule has 0 unspecified atom stereocenters. The van der Waals surface area contributed by atoms with Gasteiger partial charge in [-0.2, -0.15) is 0 Å². The first-order chi connectivity index (χ1) is 17.4. The normalized spacial score (nSPS) is 22.4. The lowest BCUT2D eigenvalue weighted by molar-refractivity contribution is -0.127. The quantitative estimate of drug-likeness (QED) is 0.514. The summed E-state index contributed by atoms with van der Waals surface area (Å²) in [6, 6.07) is 19.0. The van der Waals surface area contributed by atoms with E-state index in [9.17, 15) is 0 Å². The maximum atomic E-state index is 6.05. The molecule has 6 rings (SSSR count). The van der Waals surface area contributed by atoms with Gasteiger partial charge in [0.25, 0.3) is 0 Å². The largest absolute Gasteiger partial charge is 0.490 e. The third kappa shape index (κ3) is 4.53. The summed E-state index contributed by atoms with van der Waals surface area (Å²) in [5.41, 5.74) is 9.41. The number of nitrogens with zero attached hydrogens (tertiary/aromatic N) is 3. The van der Waals surface area contributed by atoms with Crippen molar-refractivity contribution in [2.24, 2.45) is 11.1 Å². The standard InChI is InChI=1S/C29H34N4O3/c1-28(2,21-5-9-25(10-6-21)36-26-13-22(30)14-26)20-3-7-24(8-4-20)35-15-23-11-12-31-27(32-23)33-16-29(17-33)18-34-19-29/h3-12,22,26H,13-19,30H2,1-2H3. The fraction of sp³-hybridized carbons (Fsp3) is 0.448. The number of benzene rings is 2. The average Bonchev–Trinajstić information content (AvgIpc) is 2.81. The molecular formula is C29H34N4O3. The minimum absolute atomic E-state index is 0.141. The van der Waals surface area contributed by atoms with Gasteiger partial charge >= 0.3 is 0 Å². The highest BCUT2D eigenvalue weighted by atomic mass is 16.5. The molecule has 2 saturated heterocycles. The number of rotatable bonds is 8. The third-order valence-corrected chi connectivity index (χ3v) is 7.83. The van der Waals surface area contributed by atoms with E-state index in [2.05, 4.69) is 60.1 Å². The van der Waals surface area contributed by atoms with Gasteiger partial charge in [-0.1, -0.05) is 38.1 Å². The molecule has 3 aliphatic rings. The van der Waals surface area contributed by atoms with Crippen LogP contribution in [0.15, 0.2) is 60.8 Å². The first-order valence-corrected chi connectivity index (χ1v) is 12.8. The Kier molecular flexibility index (Phi) is 5.85. The molecular weight excluding hydrogens is 452 g/mol. The van der Waals surface area contributed by atoms with Crippen LogP contribution in [0.5, 0.6) is 11.5 Å². The van der Waals surface area contributed by atoms with Gasteiger partial charge in [0.2, 0.25) is 5.95 Å². The fourth-order valence-corrected chi connectivity index (χ4v) is 5.23. The van der Waals surface area contributed by atoms with Crippen molar-refractivity contribution in [2.45, 2.75) is 50.9 Å². The SMILES string of the molecule is CC(C)(c1ccc(OCc2ccnc(N3CC4(COC4)C3)n2)cc1)c1ccc(OC2CC(N)C2)cc1. The zero-order valence-corrected chi connectivity index (χ0v) is 21.0. The predicted octanol–water partition coefficient (Wildman–Crippen LogP) is 4.09. The van der Waals surface area contributed by atoms with Gasteiger partial charge in [-0.3, -0.25) is 0 Å². The molecule has 1 aliphatic carbocycles. The number of aromatic nitrogens is 2. The summed E-state index contributed by atoms with van der Waals surface area (Å²) in [5.74, 6) is 2.51. The van der Waals surface area contributed by atoms with E-state index in [4.69, 9.17) is 24.9 Å². The molecule has 3 aromatic rings. The van der Waals surface area contributed by atoms with Crippen LogP contribution in [0.25, 0.3) is 0 Å². The van der Waals surface area contributed by atoms with Gasteiger partial charge in [-0.05, 0) is 54.3 Å². The van der Waals surface area contributed by atoms with E-state index in [0.717, 1.165) is 62.3 Å². The number of hydrogen-bond donors (Lipinski definition) is 1. The average molecular weight is 487 g/mol. The Balaban J connectivity index is 1.05. The molecule has 7 heteroatoms. The Morgan fingerprint density at radius 1 is 0.972 bits per heavy atom. The van der Waals surface area contributed by atoms with Crippen LogP contribution < -0.4 is 20.1 Å². The number of anilines is 1. The lowest BCUT2D eigenvalue weighted by Crippen LogP contribution is -2.66. The van der Waals surface area contributed by atoms with Gasteiger partial charge in [0, 0.05) is 30.7 Å². The first kappa shape index (κ1) is 23.3. The van der Waals surface area contributed by atoms with Gasteiger partial charge < -0.3 is 24.8 Å². The fourth-order valence-electron chi connectivity index (χ4n) is 5.23. The summed E-state index contributed by atoms with van der Waals surface area (Å²) in [6.45, 7) is 8.54. The highest BCUT2D eigenvalue weighted by Gasteiger charge is 2.49. The summed E-state index contributed by atoms with van der Waals surface area (Å²) < 4.78 is 17.4. The summed E-state index contributed by atoms with van der Waals surface area (Å²) >= 11 is 0. The van der Waals surface area contributed by atoms with Gasteiger partial charge in [0.15, 0.2) is 0 Å². The second-order valence-electron chi connectivity index (χ2n) is 11.1. The molecule has 2 N–H and O–H groups in total. The van der Waals surface area contributed by atoms with Gasteiger partial charge in [-0.15, -0.1) is 0 Å². The maximum Gasteiger partial charge on any atom is 0.225 e. The monoisotopic (exact) mass is 486 g/mol. The zero-order valence-electron chi connectivity index (χ0n) is 21.0. The van der Waals surface area contributed by atoms with E-state index < -0.39 is 0 Å². The maximum absolute atomic E-state index is 6.05. The van der Waals surface area contributed by atoms with Gasteiger partial charge in [0.05, 0.1) is 24.3 Å². The zero-order chi connectivity index (χ0) is 24.8. The second-order valence-corrected chi connectivity index (χ2v) is 11.1. The lowest BCUT2D eigenvalue weighted by atomic mass is 9.78. The molecule has 0 radical (unpaired) electrons. The van der Waals surface area contributed by atoms with Crippen molar-refractivity contribution >= 4 is 5.95 Å². The first-order valence-electron chi connectivity index (χ1n) is 12.8. The number of nitrogens with two attached hydrogens (primary N) is 1. The van der Waals surface area contributed by atoms with Crippen molar-refractivity contribution in [3.05, 3.63) is 77.6 Å². The molecule has 3 heterocycles. The third-order valence-electron chi connectivity index (χ3n) is 7.83. The highest BCUT2D eigenvalue weighted by Crippen LogP contribution is 2.39. The molecule has 36 heavy (non-hydrogen) atoms. The molecule has 3 fully saturated rings. The summed E-state index contributed by atoms with van der Waals surface area (Å²) in [7, 11) is 0. The van der Waals surface area contributed by atoms with Crippen LogP contribution in [-0.2, 0) is 16.8 Å². The molecule has 0 amide bonds. The smallest absolute Gasteiger partial charge is 0.225 e. The van der Waals surface area contributed by atoms with E-state index in [0.29, 0.717) is 18.1 Å². The molecule has 1 aromatic heterocycles. The Bertz CT molecular complexity index is 1190. The molecule has 1 saturated carbocycles. The number of ether oxygens (including phenoxy) is 3. The van der Waals surface area contributed by atoms with Gasteiger partial charge in [0.1, 0.15) is 24.2 Å². The highest BCUT2D eigenvalue weighted by molar-refractivity contribution is 5.42. The predicted molar refractivity (Wildman–Crippen MR) is 138 cm³/mol. The van der Waals surface area contributed by atoms with Crippen molar-refractivity contribution in [3.63, 3.8) is 0 Å². The van der Waals surface area contributed by atoms with E-state index in [-0.39, 0.29) is 11.5 Å². The van der Waals surface area contributed by atoms with Gasteiger partial charge in [-0.25, -0.2) is 9.97 Å². The molecule has 7 nitrogen and oxygen atoms in total. The molecule has 2 aromatic carbocycles. The summed E-state index contributed by atoms with van der Waals surface area (Å²) in [5, 5.41) is 0. The van der Waals surface area contributed by atoms with Crippen molar-refractivity contribution in [3.8, 4) is 11.5 Å². The molecule has 2 aliphatic heterocycles. The molecule has 0 bridgehead atoms. The number of hydrogen-bond acceptors (Lipinski definition) is 7. The van der Waals surface area contributed by atoms with Crippen molar-refractivity contribution < 1.29 is 14.2 Å². The van der Waals surface area contributed by atoms with Crippen LogP contribution in [0.1, 0.15) is 43.5 Å². The Hall–Kier alpha value is -3.16. The van der Waals surface area contributed by atoms with Crippen LogP contribution in [0.4, 0.5) is 5.95 Å². The van der Waals surface area contributed by atoms with Crippen molar-refractivity contribution in [1.82, 2.24) is 9.97 Å².